The summed E-state index contributed by atoms with van der Waals surface area (Å²) in [5, 5.41) is 3.44. The van der Waals surface area contributed by atoms with Gasteiger partial charge in [-0.3, -0.25) is 0 Å². The van der Waals surface area contributed by atoms with Crippen molar-refractivity contribution in [3.05, 3.63) is 29.3 Å². The molecule has 1 aromatic carbocycles. The van der Waals surface area contributed by atoms with Crippen LogP contribution in [-0.2, 0) is 0 Å². The maximum absolute atomic E-state index is 6.17. The van der Waals surface area contributed by atoms with Crippen LogP contribution in [0.4, 0.5) is 0 Å². The third-order valence-corrected chi connectivity index (χ3v) is 3.74. The third-order valence-electron chi connectivity index (χ3n) is 3.74. The number of hydrogen-bond donors (Lipinski definition) is 1. The number of unbranched alkanes of at least 4 members (excludes halogenated alkanes) is 1. The standard InChI is InChI=1S/C19H33NO/c1-6-12-20-13-7-8-14-21-19-17(15(2)3)10-9-11-18(19)16(4)5/h9-11,15-16,20H,6-8,12-14H2,1-5H3. The van der Waals surface area contributed by atoms with Gasteiger partial charge in [0, 0.05) is 0 Å². The molecule has 0 saturated carbocycles. The lowest BCUT2D eigenvalue weighted by molar-refractivity contribution is 0.298. The van der Waals surface area contributed by atoms with Crippen LogP contribution in [0.3, 0.4) is 0 Å². The van der Waals surface area contributed by atoms with E-state index in [4.69, 9.17) is 4.74 Å². The first-order chi connectivity index (χ1) is 10.1. The molecule has 1 rings (SSSR count). The zero-order valence-corrected chi connectivity index (χ0v) is 14.5. The van der Waals surface area contributed by atoms with Gasteiger partial charge in [-0.25, -0.2) is 0 Å². The molecule has 21 heavy (non-hydrogen) atoms. The molecule has 0 aliphatic rings. The van der Waals surface area contributed by atoms with Crippen molar-refractivity contribution >= 4 is 0 Å². The zero-order valence-electron chi connectivity index (χ0n) is 14.5. The maximum Gasteiger partial charge on any atom is 0.126 e. The highest BCUT2D eigenvalue weighted by atomic mass is 16.5. The van der Waals surface area contributed by atoms with Crippen LogP contribution in [0.1, 0.15) is 76.8 Å². The number of benzene rings is 1. The Morgan fingerprint density at radius 1 is 0.952 bits per heavy atom. The largest absolute Gasteiger partial charge is 0.493 e. The van der Waals surface area contributed by atoms with E-state index in [0.717, 1.165) is 31.9 Å². The van der Waals surface area contributed by atoms with E-state index < -0.39 is 0 Å². The number of para-hydroxylation sites is 1. The Morgan fingerprint density at radius 2 is 1.57 bits per heavy atom. The van der Waals surface area contributed by atoms with Gasteiger partial charge in [0.15, 0.2) is 0 Å². The number of nitrogens with one attached hydrogen (secondary N) is 1. The summed E-state index contributed by atoms with van der Waals surface area (Å²) in [5.41, 5.74) is 2.68. The molecule has 120 valence electrons. The monoisotopic (exact) mass is 291 g/mol. The van der Waals surface area contributed by atoms with Gasteiger partial charge >= 0.3 is 0 Å². The molecule has 0 heterocycles. The van der Waals surface area contributed by atoms with Crippen molar-refractivity contribution in [2.45, 2.75) is 65.7 Å². The van der Waals surface area contributed by atoms with Crippen LogP contribution in [0.25, 0.3) is 0 Å². The fraction of sp³-hybridized carbons (Fsp3) is 0.684. The molecule has 0 unspecified atom stereocenters. The summed E-state index contributed by atoms with van der Waals surface area (Å²) in [6, 6.07) is 6.57. The van der Waals surface area contributed by atoms with Crippen LogP contribution in [0.2, 0.25) is 0 Å². The maximum atomic E-state index is 6.17. The lowest BCUT2D eigenvalue weighted by Gasteiger charge is -2.20. The number of hydrogen-bond acceptors (Lipinski definition) is 2. The van der Waals surface area contributed by atoms with Crippen LogP contribution >= 0.6 is 0 Å². The fourth-order valence-corrected chi connectivity index (χ4v) is 2.48. The van der Waals surface area contributed by atoms with Gasteiger partial charge in [-0.15, -0.1) is 0 Å². The fourth-order valence-electron chi connectivity index (χ4n) is 2.48. The van der Waals surface area contributed by atoms with Gasteiger partial charge in [0.1, 0.15) is 5.75 Å². The molecule has 1 N–H and O–H groups in total. The summed E-state index contributed by atoms with van der Waals surface area (Å²) in [5.74, 6) is 2.14. The summed E-state index contributed by atoms with van der Waals surface area (Å²) >= 11 is 0. The number of rotatable bonds is 10. The SMILES string of the molecule is CCCNCCCCOc1c(C(C)C)cccc1C(C)C. The molecule has 1 aromatic rings. The molecule has 0 amide bonds. The second-order valence-corrected chi connectivity index (χ2v) is 6.38. The highest BCUT2D eigenvalue weighted by Crippen LogP contribution is 2.34. The second-order valence-electron chi connectivity index (χ2n) is 6.38. The van der Waals surface area contributed by atoms with E-state index in [0.29, 0.717) is 11.8 Å². The summed E-state index contributed by atoms with van der Waals surface area (Å²) in [7, 11) is 0. The molecule has 0 aliphatic heterocycles. The summed E-state index contributed by atoms with van der Waals surface area (Å²) in [4.78, 5) is 0. The van der Waals surface area contributed by atoms with Crippen molar-refractivity contribution in [2.75, 3.05) is 19.7 Å². The van der Waals surface area contributed by atoms with Gasteiger partial charge in [-0.2, -0.15) is 0 Å². The van der Waals surface area contributed by atoms with Gasteiger partial charge < -0.3 is 10.1 Å². The van der Waals surface area contributed by atoms with Crippen LogP contribution in [0.5, 0.6) is 5.75 Å². The summed E-state index contributed by atoms with van der Waals surface area (Å²) in [6.07, 6.45) is 3.50. The highest BCUT2D eigenvalue weighted by Gasteiger charge is 2.14. The Morgan fingerprint density at radius 3 is 2.10 bits per heavy atom. The normalized spacial score (nSPS) is 11.4. The van der Waals surface area contributed by atoms with E-state index in [2.05, 4.69) is 58.1 Å². The Balaban J connectivity index is 2.56. The minimum atomic E-state index is 0.505. The van der Waals surface area contributed by atoms with Crippen molar-refractivity contribution in [3.8, 4) is 5.75 Å². The van der Waals surface area contributed by atoms with Gasteiger partial charge in [0.2, 0.25) is 0 Å². The lowest BCUT2D eigenvalue weighted by atomic mass is 9.94. The molecule has 0 saturated heterocycles. The smallest absolute Gasteiger partial charge is 0.126 e. The average molecular weight is 291 g/mol. The molecule has 0 aliphatic carbocycles. The molecular formula is C19H33NO. The molecule has 0 bridgehead atoms. The molecule has 0 radical (unpaired) electrons. The van der Waals surface area contributed by atoms with E-state index in [1.54, 1.807) is 0 Å². The van der Waals surface area contributed by atoms with Crippen LogP contribution in [-0.4, -0.2) is 19.7 Å². The van der Waals surface area contributed by atoms with E-state index >= 15 is 0 Å². The van der Waals surface area contributed by atoms with Gasteiger partial charge in [-0.05, 0) is 55.3 Å². The van der Waals surface area contributed by atoms with E-state index in [-0.39, 0.29) is 0 Å². The van der Waals surface area contributed by atoms with E-state index in [1.165, 1.54) is 24.0 Å². The Bertz CT molecular complexity index is 372. The molecule has 0 spiro atoms. The molecule has 0 fully saturated rings. The Hall–Kier alpha value is -1.02. The minimum absolute atomic E-state index is 0.505. The first-order valence-electron chi connectivity index (χ1n) is 8.54. The van der Waals surface area contributed by atoms with Crippen molar-refractivity contribution in [1.82, 2.24) is 5.32 Å². The first kappa shape index (κ1) is 18.0. The third kappa shape index (κ3) is 6.09. The van der Waals surface area contributed by atoms with Gasteiger partial charge in [0.05, 0.1) is 6.61 Å². The second kappa shape index (κ2) is 9.83. The predicted molar refractivity (Wildman–Crippen MR) is 92.5 cm³/mol. The quantitative estimate of drug-likeness (QED) is 0.606. The number of ether oxygens (including phenoxy) is 1. The lowest BCUT2D eigenvalue weighted by Crippen LogP contribution is -2.16. The molecular weight excluding hydrogens is 258 g/mol. The van der Waals surface area contributed by atoms with E-state index in [9.17, 15) is 0 Å². The molecule has 0 aromatic heterocycles. The van der Waals surface area contributed by atoms with Crippen molar-refractivity contribution < 1.29 is 4.74 Å². The first-order valence-corrected chi connectivity index (χ1v) is 8.54. The Kier molecular flexibility index (Phi) is 8.44. The summed E-state index contributed by atoms with van der Waals surface area (Å²) in [6.45, 7) is 14.2. The van der Waals surface area contributed by atoms with Crippen molar-refractivity contribution in [3.63, 3.8) is 0 Å². The van der Waals surface area contributed by atoms with Crippen LogP contribution in [0.15, 0.2) is 18.2 Å². The molecule has 2 nitrogen and oxygen atoms in total. The van der Waals surface area contributed by atoms with E-state index in [1.807, 2.05) is 0 Å². The molecule has 2 heteroatoms. The molecule has 0 atom stereocenters. The van der Waals surface area contributed by atoms with Crippen molar-refractivity contribution in [1.29, 1.82) is 0 Å². The van der Waals surface area contributed by atoms with Crippen LogP contribution < -0.4 is 10.1 Å². The minimum Gasteiger partial charge on any atom is -0.493 e. The van der Waals surface area contributed by atoms with Crippen molar-refractivity contribution in [2.24, 2.45) is 0 Å². The Labute approximate surface area is 131 Å². The van der Waals surface area contributed by atoms with Gasteiger partial charge in [-0.1, -0.05) is 52.8 Å². The average Bonchev–Trinajstić information content (AvgIpc) is 2.45. The highest BCUT2D eigenvalue weighted by molar-refractivity contribution is 5.44. The summed E-state index contributed by atoms with van der Waals surface area (Å²) < 4.78 is 6.17. The zero-order chi connectivity index (χ0) is 15.7. The topological polar surface area (TPSA) is 21.3 Å². The predicted octanol–water partition coefficient (Wildman–Crippen LogP) is 5.09. The van der Waals surface area contributed by atoms with Crippen LogP contribution in [0, 0.1) is 0 Å². The van der Waals surface area contributed by atoms with Gasteiger partial charge in [0.25, 0.3) is 0 Å².